The smallest absolute Gasteiger partial charge is 0.127 e. The maximum Gasteiger partial charge on any atom is 0.127 e. The van der Waals surface area contributed by atoms with Crippen molar-refractivity contribution in [3.63, 3.8) is 0 Å². The van der Waals surface area contributed by atoms with E-state index in [1.165, 1.54) is 11.1 Å². The molecule has 1 spiro atoms. The van der Waals surface area contributed by atoms with Crippen LogP contribution in [0.1, 0.15) is 36.0 Å². The van der Waals surface area contributed by atoms with E-state index in [-0.39, 0.29) is 30.2 Å². The average Bonchev–Trinajstić information content (AvgIpc) is 3.01. The number of aryl methyl sites for hydroxylation is 1. The zero-order valence-corrected chi connectivity index (χ0v) is 16.1. The molecule has 1 aromatic rings. The van der Waals surface area contributed by atoms with Gasteiger partial charge in [0.1, 0.15) is 11.9 Å². The lowest BCUT2D eigenvalue weighted by Gasteiger charge is -2.64. The normalized spacial score (nSPS) is 39.0. The summed E-state index contributed by atoms with van der Waals surface area (Å²) < 4.78 is 6.64. The van der Waals surface area contributed by atoms with Crippen LogP contribution < -0.4 is 10.1 Å². The van der Waals surface area contributed by atoms with E-state index in [1.807, 2.05) is 6.08 Å². The van der Waals surface area contributed by atoms with Crippen molar-refractivity contribution >= 4 is 0 Å². The number of aliphatic hydroxyl groups excluding tert-OH is 1. The van der Waals surface area contributed by atoms with E-state index in [0.717, 1.165) is 50.1 Å². The van der Waals surface area contributed by atoms with E-state index in [4.69, 9.17) is 4.74 Å². The van der Waals surface area contributed by atoms with Crippen molar-refractivity contribution in [2.75, 3.05) is 26.2 Å². The number of hydrogen-bond donors (Lipinski definition) is 3. The lowest BCUT2D eigenvalue weighted by atomic mass is 9.48. The molecule has 2 bridgehead atoms. The van der Waals surface area contributed by atoms with Crippen molar-refractivity contribution in [2.24, 2.45) is 0 Å². The highest BCUT2D eigenvalue weighted by Crippen LogP contribution is 2.64. The number of aliphatic hydroxyl groups is 2. The molecule has 146 valence electrons. The standard InChI is InChI=1S/C22H30N2O3/c1-3-10-24-11-8-21-18-15-5-4-14(2)19(18)27-20(21)16(23-9-12-25)6-7-22(21,26)17(24)13-15/h3-5,16-17,20,23,25-26H,1,6-13H2,2H3/t16?,17-,20+,21+,22-/m0/s1. The molecule has 27 heavy (non-hydrogen) atoms. The molecule has 1 aromatic carbocycles. The molecule has 1 saturated heterocycles. The number of rotatable bonds is 5. The molecule has 2 aliphatic heterocycles. The zero-order valence-electron chi connectivity index (χ0n) is 16.1. The Morgan fingerprint density at radius 1 is 1.41 bits per heavy atom. The Bertz CT molecular complexity index is 781. The molecule has 0 radical (unpaired) electrons. The molecule has 2 fully saturated rings. The summed E-state index contributed by atoms with van der Waals surface area (Å²) in [5.74, 6) is 1.00. The second-order valence-corrected chi connectivity index (χ2v) is 8.76. The molecule has 1 unspecified atom stereocenters. The summed E-state index contributed by atoms with van der Waals surface area (Å²) in [5, 5.41) is 25.0. The van der Waals surface area contributed by atoms with Gasteiger partial charge in [0.2, 0.25) is 0 Å². The van der Waals surface area contributed by atoms with Gasteiger partial charge in [0.25, 0.3) is 0 Å². The molecule has 5 heteroatoms. The van der Waals surface area contributed by atoms with Crippen molar-refractivity contribution in [1.82, 2.24) is 10.2 Å². The van der Waals surface area contributed by atoms with E-state index < -0.39 is 5.60 Å². The number of benzene rings is 1. The van der Waals surface area contributed by atoms with Gasteiger partial charge in [-0.2, -0.15) is 0 Å². The fourth-order valence-electron chi connectivity index (χ4n) is 6.62. The Kier molecular flexibility index (Phi) is 3.96. The highest BCUT2D eigenvalue weighted by molar-refractivity contribution is 5.60. The van der Waals surface area contributed by atoms with Crippen LogP contribution >= 0.6 is 0 Å². The fraction of sp³-hybridized carbons (Fsp3) is 0.636. The van der Waals surface area contributed by atoms with Gasteiger partial charge in [-0.3, -0.25) is 4.90 Å². The maximum absolute atomic E-state index is 12.2. The molecule has 5 nitrogen and oxygen atoms in total. The lowest BCUT2D eigenvalue weighted by molar-refractivity contribution is -0.189. The van der Waals surface area contributed by atoms with E-state index >= 15 is 0 Å². The number of nitrogens with zero attached hydrogens (tertiary/aromatic N) is 1. The highest BCUT2D eigenvalue weighted by Gasteiger charge is 2.72. The summed E-state index contributed by atoms with van der Waals surface area (Å²) in [5.41, 5.74) is 2.65. The fourth-order valence-corrected chi connectivity index (χ4v) is 6.62. The first-order valence-corrected chi connectivity index (χ1v) is 10.3. The second-order valence-electron chi connectivity index (χ2n) is 8.76. The van der Waals surface area contributed by atoms with Gasteiger partial charge in [-0.05, 0) is 50.3 Å². The number of nitrogens with one attached hydrogen (secondary N) is 1. The molecule has 5 rings (SSSR count). The largest absolute Gasteiger partial charge is 0.487 e. The second kappa shape index (κ2) is 6.05. The summed E-state index contributed by atoms with van der Waals surface area (Å²) in [6.07, 6.45) is 5.28. The Hall–Kier alpha value is -1.40. The Labute approximate surface area is 161 Å². The molecule has 1 saturated carbocycles. The number of hydrogen-bond acceptors (Lipinski definition) is 5. The molecule has 2 heterocycles. The Morgan fingerprint density at radius 2 is 2.26 bits per heavy atom. The summed E-state index contributed by atoms with van der Waals surface area (Å²) in [7, 11) is 0. The SMILES string of the molecule is C=CCN1CC[C@@]23c4c5ccc(C)c4O[C@@H]2C(NCCO)CC[C@]3(O)[C@@H]1C5. The van der Waals surface area contributed by atoms with Crippen molar-refractivity contribution < 1.29 is 14.9 Å². The zero-order chi connectivity index (χ0) is 18.8. The molecule has 4 aliphatic rings. The van der Waals surface area contributed by atoms with Gasteiger partial charge < -0.3 is 20.3 Å². The minimum absolute atomic E-state index is 0.0775. The van der Waals surface area contributed by atoms with Crippen molar-refractivity contribution in [1.29, 1.82) is 0 Å². The summed E-state index contributed by atoms with van der Waals surface area (Å²) in [4.78, 5) is 2.41. The van der Waals surface area contributed by atoms with Gasteiger partial charge >= 0.3 is 0 Å². The van der Waals surface area contributed by atoms with Gasteiger partial charge in [-0.15, -0.1) is 6.58 Å². The molecule has 2 aliphatic carbocycles. The third kappa shape index (κ3) is 2.09. The van der Waals surface area contributed by atoms with Crippen molar-refractivity contribution in [2.45, 2.75) is 61.8 Å². The molecule has 0 aromatic heterocycles. The monoisotopic (exact) mass is 370 g/mol. The van der Waals surface area contributed by atoms with Crippen LogP contribution in [0.2, 0.25) is 0 Å². The minimum Gasteiger partial charge on any atom is -0.487 e. The summed E-state index contributed by atoms with van der Waals surface area (Å²) in [6.45, 7) is 8.49. The van der Waals surface area contributed by atoms with Crippen LogP contribution in [-0.2, 0) is 11.8 Å². The summed E-state index contributed by atoms with van der Waals surface area (Å²) >= 11 is 0. The minimum atomic E-state index is -0.775. The van der Waals surface area contributed by atoms with Crippen LogP contribution in [0.4, 0.5) is 0 Å². The van der Waals surface area contributed by atoms with Gasteiger partial charge in [-0.1, -0.05) is 18.2 Å². The first-order valence-electron chi connectivity index (χ1n) is 10.3. The van der Waals surface area contributed by atoms with Gasteiger partial charge in [0, 0.05) is 30.7 Å². The molecular formula is C22H30N2O3. The molecular weight excluding hydrogens is 340 g/mol. The predicted molar refractivity (Wildman–Crippen MR) is 104 cm³/mol. The van der Waals surface area contributed by atoms with Crippen LogP contribution in [0.15, 0.2) is 24.8 Å². The van der Waals surface area contributed by atoms with Crippen LogP contribution in [0.3, 0.4) is 0 Å². The van der Waals surface area contributed by atoms with E-state index in [9.17, 15) is 10.2 Å². The van der Waals surface area contributed by atoms with Crippen molar-refractivity contribution in [3.05, 3.63) is 41.5 Å². The Balaban J connectivity index is 1.68. The first-order chi connectivity index (χ1) is 13.1. The van der Waals surface area contributed by atoms with Crippen LogP contribution in [0, 0.1) is 6.92 Å². The van der Waals surface area contributed by atoms with Gasteiger partial charge in [0.05, 0.1) is 17.6 Å². The van der Waals surface area contributed by atoms with Crippen LogP contribution in [-0.4, -0.2) is 65.1 Å². The van der Waals surface area contributed by atoms with Gasteiger partial charge in [-0.25, -0.2) is 0 Å². The predicted octanol–water partition coefficient (Wildman–Crippen LogP) is 1.29. The average molecular weight is 370 g/mol. The Morgan fingerprint density at radius 3 is 3.04 bits per heavy atom. The third-order valence-electron chi connectivity index (χ3n) is 7.67. The van der Waals surface area contributed by atoms with Gasteiger partial charge in [0.15, 0.2) is 0 Å². The number of piperidine rings is 1. The van der Waals surface area contributed by atoms with Crippen LogP contribution in [0.5, 0.6) is 5.75 Å². The summed E-state index contributed by atoms with van der Waals surface area (Å²) in [6, 6.07) is 4.67. The van der Waals surface area contributed by atoms with Crippen molar-refractivity contribution in [3.8, 4) is 5.75 Å². The van der Waals surface area contributed by atoms with E-state index in [2.05, 4.69) is 35.9 Å². The number of ether oxygens (including phenoxy) is 1. The topological polar surface area (TPSA) is 65.0 Å². The van der Waals surface area contributed by atoms with E-state index in [1.54, 1.807) is 0 Å². The lowest BCUT2D eigenvalue weighted by Crippen LogP contribution is -2.78. The molecule has 3 N–H and O–H groups in total. The molecule has 5 atom stereocenters. The van der Waals surface area contributed by atoms with Crippen LogP contribution in [0.25, 0.3) is 0 Å². The third-order valence-corrected chi connectivity index (χ3v) is 7.67. The quantitative estimate of drug-likeness (QED) is 0.682. The maximum atomic E-state index is 12.2. The van der Waals surface area contributed by atoms with E-state index in [0.29, 0.717) is 6.54 Å². The first kappa shape index (κ1) is 17.7. The molecule has 0 amide bonds. The number of likely N-dealkylation sites (tertiary alicyclic amines) is 1. The highest BCUT2D eigenvalue weighted by atomic mass is 16.5.